The first-order valence-electron chi connectivity index (χ1n) is 7.48. The SMILES string of the molecule is O=C(O)C1Cc2c([nH]c3ccccc23)C(c2ccccc2F)N1. The van der Waals surface area contributed by atoms with Gasteiger partial charge in [0.25, 0.3) is 0 Å². The first kappa shape index (κ1) is 14.0. The molecule has 0 spiro atoms. The van der Waals surface area contributed by atoms with Crippen molar-refractivity contribution < 1.29 is 14.3 Å². The van der Waals surface area contributed by atoms with Gasteiger partial charge in [-0.3, -0.25) is 10.1 Å². The summed E-state index contributed by atoms with van der Waals surface area (Å²) in [5, 5.41) is 13.5. The van der Waals surface area contributed by atoms with E-state index in [1.165, 1.54) is 6.07 Å². The molecule has 0 fully saturated rings. The first-order chi connectivity index (χ1) is 11.1. The number of hydrogen-bond donors (Lipinski definition) is 3. The molecule has 1 aliphatic heterocycles. The molecule has 3 aromatic rings. The number of halogens is 1. The average Bonchev–Trinajstić information content (AvgIpc) is 2.93. The highest BCUT2D eigenvalue weighted by molar-refractivity contribution is 5.87. The number of aliphatic carboxylic acids is 1. The van der Waals surface area contributed by atoms with Crippen molar-refractivity contribution in [1.29, 1.82) is 0 Å². The maximum Gasteiger partial charge on any atom is 0.321 e. The molecule has 2 atom stereocenters. The topological polar surface area (TPSA) is 65.1 Å². The van der Waals surface area contributed by atoms with E-state index in [1.807, 2.05) is 24.3 Å². The zero-order valence-electron chi connectivity index (χ0n) is 12.2. The van der Waals surface area contributed by atoms with Crippen LogP contribution >= 0.6 is 0 Å². The van der Waals surface area contributed by atoms with E-state index in [1.54, 1.807) is 18.2 Å². The Labute approximate surface area is 132 Å². The standard InChI is InChI=1S/C18H15FN2O2/c19-13-7-3-1-6-11(13)16-17-12(9-15(21-16)18(22)23)10-5-2-4-8-14(10)20-17/h1-8,15-16,20-21H,9H2,(H,22,23). The van der Waals surface area contributed by atoms with Crippen LogP contribution in [0.4, 0.5) is 4.39 Å². The Balaban J connectivity index is 1.93. The Kier molecular flexibility index (Phi) is 3.16. The maximum absolute atomic E-state index is 14.3. The second kappa shape index (κ2) is 5.21. The third-order valence-electron chi connectivity index (χ3n) is 4.43. The van der Waals surface area contributed by atoms with Crippen LogP contribution in [-0.2, 0) is 11.2 Å². The number of fused-ring (bicyclic) bond motifs is 3. The molecule has 0 radical (unpaired) electrons. The Morgan fingerprint density at radius 2 is 1.87 bits per heavy atom. The Bertz CT molecular complexity index is 903. The highest BCUT2D eigenvalue weighted by Gasteiger charge is 2.34. The minimum atomic E-state index is -0.928. The van der Waals surface area contributed by atoms with E-state index in [-0.39, 0.29) is 5.82 Å². The fourth-order valence-electron chi connectivity index (χ4n) is 3.35. The number of para-hydroxylation sites is 1. The van der Waals surface area contributed by atoms with Gasteiger partial charge in [-0.1, -0.05) is 36.4 Å². The summed E-state index contributed by atoms with van der Waals surface area (Å²) in [4.78, 5) is 14.8. The van der Waals surface area contributed by atoms with Gasteiger partial charge >= 0.3 is 5.97 Å². The number of aromatic amines is 1. The Morgan fingerprint density at radius 3 is 2.65 bits per heavy atom. The number of aromatic nitrogens is 1. The van der Waals surface area contributed by atoms with Crippen LogP contribution < -0.4 is 5.32 Å². The molecule has 0 amide bonds. The molecule has 5 heteroatoms. The largest absolute Gasteiger partial charge is 0.480 e. The molecule has 0 saturated carbocycles. The monoisotopic (exact) mass is 310 g/mol. The molecule has 1 aromatic heterocycles. The third-order valence-corrected chi connectivity index (χ3v) is 4.43. The van der Waals surface area contributed by atoms with Crippen molar-refractivity contribution in [1.82, 2.24) is 10.3 Å². The zero-order valence-corrected chi connectivity index (χ0v) is 12.2. The molecule has 1 aliphatic rings. The van der Waals surface area contributed by atoms with Crippen molar-refractivity contribution in [2.75, 3.05) is 0 Å². The van der Waals surface area contributed by atoms with E-state index in [9.17, 15) is 14.3 Å². The van der Waals surface area contributed by atoms with Gasteiger partial charge in [-0.2, -0.15) is 0 Å². The van der Waals surface area contributed by atoms with E-state index < -0.39 is 18.1 Å². The molecule has 116 valence electrons. The van der Waals surface area contributed by atoms with Gasteiger partial charge in [0.1, 0.15) is 11.9 Å². The summed E-state index contributed by atoms with van der Waals surface area (Å²) in [6.45, 7) is 0. The Hall–Kier alpha value is -2.66. The molecule has 2 unspecified atom stereocenters. The summed E-state index contributed by atoms with van der Waals surface area (Å²) in [6.07, 6.45) is 0.375. The number of hydrogen-bond acceptors (Lipinski definition) is 2. The molecule has 0 bridgehead atoms. The van der Waals surface area contributed by atoms with Crippen molar-refractivity contribution in [2.45, 2.75) is 18.5 Å². The fraction of sp³-hybridized carbons (Fsp3) is 0.167. The van der Waals surface area contributed by atoms with Crippen molar-refractivity contribution >= 4 is 16.9 Å². The van der Waals surface area contributed by atoms with E-state index in [0.717, 1.165) is 22.2 Å². The van der Waals surface area contributed by atoms with E-state index in [4.69, 9.17) is 0 Å². The van der Waals surface area contributed by atoms with Gasteiger partial charge in [0.05, 0.1) is 6.04 Å². The number of carboxylic acid groups (broad SMARTS) is 1. The summed E-state index contributed by atoms with van der Waals surface area (Å²) in [7, 11) is 0. The summed E-state index contributed by atoms with van der Waals surface area (Å²) in [5.41, 5.74) is 3.17. The van der Waals surface area contributed by atoms with Gasteiger partial charge in [0, 0.05) is 28.6 Å². The van der Waals surface area contributed by atoms with E-state index >= 15 is 0 Å². The number of rotatable bonds is 2. The van der Waals surface area contributed by atoms with Crippen molar-refractivity contribution in [2.24, 2.45) is 0 Å². The predicted octanol–water partition coefficient (Wildman–Crippen LogP) is 3.00. The number of H-pyrrole nitrogens is 1. The van der Waals surface area contributed by atoms with E-state index in [0.29, 0.717) is 12.0 Å². The number of carbonyl (C=O) groups is 1. The molecule has 2 aromatic carbocycles. The summed E-state index contributed by atoms with van der Waals surface area (Å²) in [6, 6.07) is 13.0. The van der Waals surface area contributed by atoms with Crippen LogP contribution in [0.1, 0.15) is 22.9 Å². The molecule has 4 nitrogen and oxygen atoms in total. The fourth-order valence-corrected chi connectivity index (χ4v) is 3.35. The third kappa shape index (κ3) is 2.21. The van der Waals surface area contributed by atoms with E-state index in [2.05, 4.69) is 10.3 Å². The molecule has 0 aliphatic carbocycles. The average molecular weight is 310 g/mol. The minimum Gasteiger partial charge on any atom is -0.480 e. The van der Waals surface area contributed by atoms with Crippen LogP contribution in [0, 0.1) is 5.82 Å². The van der Waals surface area contributed by atoms with Crippen LogP contribution in [0.2, 0.25) is 0 Å². The van der Waals surface area contributed by atoms with Crippen LogP contribution in [-0.4, -0.2) is 22.1 Å². The highest BCUT2D eigenvalue weighted by atomic mass is 19.1. The minimum absolute atomic E-state index is 0.347. The van der Waals surface area contributed by atoms with Gasteiger partial charge in [0.15, 0.2) is 0 Å². The van der Waals surface area contributed by atoms with Crippen molar-refractivity contribution in [3.8, 4) is 0 Å². The van der Waals surface area contributed by atoms with Crippen molar-refractivity contribution in [3.05, 3.63) is 71.2 Å². The lowest BCUT2D eigenvalue weighted by Crippen LogP contribution is -2.45. The number of benzene rings is 2. The molecular weight excluding hydrogens is 295 g/mol. The van der Waals surface area contributed by atoms with Gasteiger partial charge in [0.2, 0.25) is 0 Å². The second-order valence-electron chi connectivity index (χ2n) is 5.78. The molecule has 2 heterocycles. The lowest BCUT2D eigenvalue weighted by atomic mass is 9.90. The number of carboxylic acids is 1. The molecule has 3 N–H and O–H groups in total. The van der Waals surface area contributed by atoms with Gasteiger partial charge in [-0.15, -0.1) is 0 Å². The predicted molar refractivity (Wildman–Crippen MR) is 84.8 cm³/mol. The zero-order chi connectivity index (χ0) is 16.0. The summed E-state index contributed by atoms with van der Waals surface area (Å²) < 4.78 is 14.3. The molecule has 23 heavy (non-hydrogen) atoms. The van der Waals surface area contributed by atoms with Crippen molar-refractivity contribution in [3.63, 3.8) is 0 Å². The number of nitrogens with one attached hydrogen (secondary N) is 2. The van der Waals surface area contributed by atoms with Gasteiger partial charge < -0.3 is 10.1 Å². The molecule has 0 saturated heterocycles. The highest BCUT2D eigenvalue weighted by Crippen LogP contribution is 2.35. The Morgan fingerprint density at radius 1 is 1.13 bits per heavy atom. The van der Waals surface area contributed by atoms with Gasteiger partial charge in [-0.25, -0.2) is 4.39 Å². The lowest BCUT2D eigenvalue weighted by molar-refractivity contribution is -0.139. The van der Waals surface area contributed by atoms with Crippen LogP contribution in [0.15, 0.2) is 48.5 Å². The lowest BCUT2D eigenvalue weighted by Gasteiger charge is -2.29. The summed E-state index contributed by atoms with van der Waals surface area (Å²) >= 11 is 0. The van der Waals surface area contributed by atoms with Crippen LogP contribution in [0.5, 0.6) is 0 Å². The summed E-state index contributed by atoms with van der Waals surface area (Å²) in [5.74, 6) is -1.28. The molecule has 4 rings (SSSR count). The smallest absolute Gasteiger partial charge is 0.321 e. The van der Waals surface area contributed by atoms with Gasteiger partial charge in [-0.05, 0) is 17.7 Å². The normalized spacial score (nSPS) is 20.4. The first-order valence-corrected chi connectivity index (χ1v) is 7.48. The maximum atomic E-state index is 14.3. The quantitative estimate of drug-likeness (QED) is 0.682. The molecular formula is C18H15FN2O2. The van der Waals surface area contributed by atoms with Crippen LogP contribution in [0.3, 0.4) is 0 Å². The second-order valence-corrected chi connectivity index (χ2v) is 5.78. The van der Waals surface area contributed by atoms with Crippen LogP contribution in [0.25, 0.3) is 10.9 Å².